The van der Waals surface area contributed by atoms with Gasteiger partial charge < -0.3 is 10.5 Å². The third-order valence-corrected chi connectivity index (χ3v) is 3.30. The quantitative estimate of drug-likeness (QED) is 0.619. The van der Waals surface area contributed by atoms with E-state index in [2.05, 4.69) is 6.92 Å². The molecule has 1 saturated carbocycles. The summed E-state index contributed by atoms with van der Waals surface area (Å²) in [6.45, 7) is 3.13. The lowest BCUT2D eigenvalue weighted by molar-refractivity contribution is -0.0190. The molecular weight excluding hydrogens is 138 g/mol. The van der Waals surface area contributed by atoms with E-state index in [0.29, 0.717) is 17.6 Å². The number of ether oxygens (including phenoxy) is 1. The van der Waals surface area contributed by atoms with Crippen LogP contribution in [0.25, 0.3) is 0 Å². The highest BCUT2D eigenvalue weighted by atomic mass is 16.5. The highest BCUT2D eigenvalue weighted by Crippen LogP contribution is 2.53. The lowest BCUT2D eigenvalue weighted by Crippen LogP contribution is -2.29. The van der Waals surface area contributed by atoms with Gasteiger partial charge in [0.15, 0.2) is 0 Å². The Bertz CT molecular complexity index is 160. The van der Waals surface area contributed by atoms with Crippen molar-refractivity contribution in [1.29, 1.82) is 0 Å². The Balaban J connectivity index is 1.94. The van der Waals surface area contributed by atoms with E-state index in [1.807, 2.05) is 0 Å². The predicted molar refractivity (Wildman–Crippen MR) is 44.3 cm³/mol. The maximum atomic E-state index is 5.89. The molecule has 1 heterocycles. The van der Waals surface area contributed by atoms with E-state index in [1.165, 1.54) is 19.3 Å². The average molecular weight is 155 g/mol. The number of rotatable bonds is 1. The van der Waals surface area contributed by atoms with Gasteiger partial charge in [0.2, 0.25) is 0 Å². The molecule has 1 spiro atoms. The van der Waals surface area contributed by atoms with E-state index < -0.39 is 0 Å². The molecule has 3 unspecified atom stereocenters. The lowest BCUT2D eigenvalue weighted by atomic mass is 9.90. The van der Waals surface area contributed by atoms with Crippen molar-refractivity contribution in [2.75, 3.05) is 6.61 Å². The number of hydrogen-bond donors (Lipinski definition) is 1. The number of hydrogen-bond acceptors (Lipinski definition) is 2. The Morgan fingerprint density at radius 2 is 2.27 bits per heavy atom. The van der Waals surface area contributed by atoms with E-state index in [-0.39, 0.29) is 0 Å². The van der Waals surface area contributed by atoms with Crippen molar-refractivity contribution in [1.82, 2.24) is 0 Å². The molecule has 3 atom stereocenters. The molecule has 0 amide bonds. The Hall–Kier alpha value is -0.0800. The molecule has 0 bridgehead atoms. The first kappa shape index (κ1) is 7.56. The van der Waals surface area contributed by atoms with E-state index in [0.717, 1.165) is 13.0 Å². The van der Waals surface area contributed by atoms with Gasteiger partial charge in [-0.05, 0) is 31.1 Å². The van der Waals surface area contributed by atoms with Crippen LogP contribution in [0.4, 0.5) is 0 Å². The Labute approximate surface area is 68.1 Å². The third-order valence-electron chi connectivity index (χ3n) is 3.30. The number of nitrogens with two attached hydrogens (primary N) is 1. The predicted octanol–water partition coefficient (Wildman–Crippen LogP) is 1.29. The van der Waals surface area contributed by atoms with Gasteiger partial charge in [-0.1, -0.05) is 6.92 Å². The molecular formula is C9H17NO. The normalized spacial score (nSPS) is 49.6. The highest BCUT2D eigenvalue weighted by molar-refractivity contribution is 5.07. The van der Waals surface area contributed by atoms with Gasteiger partial charge in [-0.15, -0.1) is 0 Å². The summed E-state index contributed by atoms with van der Waals surface area (Å²) in [5.74, 6) is 0. The largest absolute Gasteiger partial charge is 0.378 e. The molecule has 2 rings (SSSR count). The van der Waals surface area contributed by atoms with Crippen LogP contribution in [0.15, 0.2) is 0 Å². The van der Waals surface area contributed by atoms with E-state index in [1.54, 1.807) is 0 Å². The summed E-state index contributed by atoms with van der Waals surface area (Å²) in [6.07, 6.45) is 5.30. The minimum atomic E-state index is 0.487. The third kappa shape index (κ3) is 1.18. The molecule has 2 heteroatoms. The zero-order valence-electron chi connectivity index (χ0n) is 7.18. The molecule has 0 aromatic rings. The molecule has 1 aliphatic carbocycles. The van der Waals surface area contributed by atoms with Gasteiger partial charge in [0.25, 0.3) is 0 Å². The van der Waals surface area contributed by atoms with Crippen LogP contribution in [-0.4, -0.2) is 18.8 Å². The van der Waals surface area contributed by atoms with Crippen molar-refractivity contribution in [3.63, 3.8) is 0 Å². The van der Waals surface area contributed by atoms with Gasteiger partial charge in [0.1, 0.15) is 0 Å². The Morgan fingerprint density at radius 3 is 2.82 bits per heavy atom. The van der Waals surface area contributed by atoms with Crippen LogP contribution in [-0.2, 0) is 4.74 Å². The van der Waals surface area contributed by atoms with Crippen LogP contribution in [0.3, 0.4) is 0 Å². The fourth-order valence-corrected chi connectivity index (χ4v) is 2.21. The second-order valence-electron chi connectivity index (χ2n) is 4.03. The van der Waals surface area contributed by atoms with Crippen LogP contribution >= 0.6 is 0 Å². The standard InChI is InChI=1S/C9H17NO/c1-2-7-5-9(3-4-11-7)6-8(9)10/h7-8H,2-6,10H2,1H3. The van der Waals surface area contributed by atoms with Crippen LogP contribution in [0, 0.1) is 5.41 Å². The molecule has 2 nitrogen and oxygen atoms in total. The van der Waals surface area contributed by atoms with E-state index in [9.17, 15) is 0 Å². The van der Waals surface area contributed by atoms with Crippen LogP contribution in [0.5, 0.6) is 0 Å². The van der Waals surface area contributed by atoms with Crippen molar-refractivity contribution in [3.8, 4) is 0 Å². The fraction of sp³-hybridized carbons (Fsp3) is 1.00. The van der Waals surface area contributed by atoms with E-state index in [4.69, 9.17) is 10.5 Å². The molecule has 11 heavy (non-hydrogen) atoms. The van der Waals surface area contributed by atoms with Gasteiger partial charge in [-0.3, -0.25) is 0 Å². The SMILES string of the molecule is CCC1CC2(CCO1)CC2N. The highest BCUT2D eigenvalue weighted by Gasteiger charge is 2.53. The summed E-state index contributed by atoms with van der Waals surface area (Å²) in [4.78, 5) is 0. The van der Waals surface area contributed by atoms with Gasteiger partial charge in [-0.25, -0.2) is 0 Å². The van der Waals surface area contributed by atoms with E-state index >= 15 is 0 Å². The first-order chi connectivity index (χ1) is 5.27. The fourth-order valence-electron chi connectivity index (χ4n) is 2.21. The minimum absolute atomic E-state index is 0.487. The van der Waals surface area contributed by atoms with Crippen molar-refractivity contribution >= 4 is 0 Å². The zero-order chi connectivity index (χ0) is 7.90. The topological polar surface area (TPSA) is 35.2 Å². The van der Waals surface area contributed by atoms with Crippen molar-refractivity contribution in [3.05, 3.63) is 0 Å². The molecule has 0 radical (unpaired) electrons. The maximum Gasteiger partial charge on any atom is 0.0578 e. The summed E-state index contributed by atoms with van der Waals surface area (Å²) in [5, 5.41) is 0. The first-order valence-electron chi connectivity index (χ1n) is 4.64. The molecule has 0 aromatic carbocycles. The van der Waals surface area contributed by atoms with Gasteiger partial charge >= 0.3 is 0 Å². The van der Waals surface area contributed by atoms with Crippen molar-refractivity contribution in [2.45, 2.75) is 44.8 Å². The van der Waals surface area contributed by atoms with Crippen LogP contribution < -0.4 is 5.73 Å². The summed E-state index contributed by atoms with van der Waals surface area (Å²) >= 11 is 0. The summed E-state index contributed by atoms with van der Waals surface area (Å²) in [6, 6.07) is 0.487. The second-order valence-corrected chi connectivity index (χ2v) is 4.03. The first-order valence-corrected chi connectivity index (χ1v) is 4.64. The summed E-state index contributed by atoms with van der Waals surface area (Å²) in [5.41, 5.74) is 6.41. The lowest BCUT2D eigenvalue weighted by Gasteiger charge is -2.29. The molecule has 1 aliphatic heterocycles. The van der Waals surface area contributed by atoms with Crippen LogP contribution in [0.1, 0.15) is 32.6 Å². The molecule has 2 aliphatic rings. The van der Waals surface area contributed by atoms with Gasteiger partial charge in [-0.2, -0.15) is 0 Å². The molecule has 2 N–H and O–H groups in total. The van der Waals surface area contributed by atoms with Crippen molar-refractivity contribution in [2.24, 2.45) is 11.1 Å². The van der Waals surface area contributed by atoms with Gasteiger partial charge in [0, 0.05) is 12.6 Å². The summed E-state index contributed by atoms with van der Waals surface area (Å²) < 4.78 is 5.60. The molecule has 64 valence electrons. The van der Waals surface area contributed by atoms with Crippen LogP contribution in [0.2, 0.25) is 0 Å². The second kappa shape index (κ2) is 2.46. The van der Waals surface area contributed by atoms with Crippen molar-refractivity contribution < 1.29 is 4.74 Å². The Morgan fingerprint density at radius 1 is 1.55 bits per heavy atom. The molecule has 1 saturated heterocycles. The molecule has 2 fully saturated rings. The minimum Gasteiger partial charge on any atom is -0.378 e. The average Bonchev–Trinajstić information content (AvgIpc) is 2.61. The Kier molecular flexibility index (Phi) is 1.69. The maximum absolute atomic E-state index is 5.89. The smallest absolute Gasteiger partial charge is 0.0578 e. The monoisotopic (exact) mass is 155 g/mol. The van der Waals surface area contributed by atoms with Gasteiger partial charge in [0.05, 0.1) is 6.10 Å². The zero-order valence-corrected chi connectivity index (χ0v) is 7.18. The summed E-state index contributed by atoms with van der Waals surface area (Å²) in [7, 11) is 0. The molecule has 0 aromatic heterocycles.